The summed E-state index contributed by atoms with van der Waals surface area (Å²) in [6.45, 7) is 7.35. The first-order valence-corrected chi connectivity index (χ1v) is 9.84. The van der Waals surface area contributed by atoms with Gasteiger partial charge in [-0.25, -0.2) is 0 Å². The molecule has 5 atom stereocenters. The zero-order valence-electron chi connectivity index (χ0n) is 15.1. The summed E-state index contributed by atoms with van der Waals surface area (Å²) in [4.78, 5) is 11.9. The minimum atomic E-state index is 0.143. The van der Waals surface area contributed by atoms with Crippen LogP contribution in [0.1, 0.15) is 72.1 Å². The molecule has 3 heteroatoms. The van der Waals surface area contributed by atoms with E-state index in [4.69, 9.17) is 4.74 Å². The molecule has 0 radical (unpaired) electrons. The van der Waals surface area contributed by atoms with Crippen LogP contribution in [0.15, 0.2) is 0 Å². The summed E-state index contributed by atoms with van der Waals surface area (Å²) < 4.78 is 6.39. The molecule has 0 aromatic heterocycles. The van der Waals surface area contributed by atoms with Crippen LogP contribution in [-0.2, 0) is 9.53 Å². The Labute approximate surface area is 140 Å². The third-order valence-electron chi connectivity index (χ3n) is 8.01. The summed E-state index contributed by atoms with van der Waals surface area (Å²) in [6, 6.07) is 0.339. The highest BCUT2D eigenvalue weighted by Gasteiger charge is 2.68. The van der Waals surface area contributed by atoms with Gasteiger partial charge in [0, 0.05) is 19.6 Å². The van der Waals surface area contributed by atoms with E-state index in [0.717, 1.165) is 24.9 Å². The molecule has 0 aromatic carbocycles. The largest absolute Gasteiger partial charge is 0.378 e. The van der Waals surface area contributed by atoms with Gasteiger partial charge in [0.2, 0.25) is 5.91 Å². The summed E-state index contributed by atoms with van der Waals surface area (Å²) in [6.07, 6.45) is 11.1. The van der Waals surface area contributed by atoms with Gasteiger partial charge in [0.15, 0.2) is 0 Å². The van der Waals surface area contributed by atoms with E-state index in [-0.39, 0.29) is 11.3 Å². The lowest BCUT2D eigenvalue weighted by molar-refractivity contribution is -0.149. The average Bonchev–Trinajstić information content (AvgIpc) is 3.01. The molecule has 4 aliphatic rings. The Bertz CT molecular complexity index is 482. The van der Waals surface area contributed by atoms with Crippen molar-refractivity contribution in [1.29, 1.82) is 0 Å². The maximum absolute atomic E-state index is 11.9. The number of nitrogens with one attached hydrogen (secondary N) is 1. The summed E-state index contributed by atoms with van der Waals surface area (Å²) in [5, 5.41) is 3.38. The van der Waals surface area contributed by atoms with E-state index in [1.807, 2.05) is 0 Å². The molecule has 4 fully saturated rings. The third-order valence-corrected chi connectivity index (χ3v) is 8.01. The van der Waals surface area contributed by atoms with Crippen molar-refractivity contribution in [3.8, 4) is 0 Å². The van der Waals surface area contributed by atoms with Crippen LogP contribution in [0.4, 0.5) is 0 Å². The fourth-order valence-electron chi connectivity index (χ4n) is 6.96. The number of amides is 1. The predicted octanol–water partition coefficient (Wildman–Crippen LogP) is 3.91. The van der Waals surface area contributed by atoms with Crippen molar-refractivity contribution in [3.63, 3.8) is 0 Å². The van der Waals surface area contributed by atoms with Gasteiger partial charge in [-0.05, 0) is 60.7 Å². The monoisotopic (exact) mass is 319 g/mol. The molecule has 3 aliphatic carbocycles. The highest BCUT2D eigenvalue weighted by Crippen LogP contribution is 2.69. The van der Waals surface area contributed by atoms with Crippen molar-refractivity contribution in [2.24, 2.45) is 28.6 Å². The number of hydrogen-bond acceptors (Lipinski definition) is 2. The number of rotatable bonds is 2. The summed E-state index contributed by atoms with van der Waals surface area (Å²) in [5.74, 6) is 2.34. The average molecular weight is 319 g/mol. The highest BCUT2D eigenvalue weighted by molar-refractivity contribution is 5.73. The number of carbonyl (C=O) groups excluding carboxylic acids is 1. The molecule has 2 bridgehead atoms. The smallest absolute Gasteiger partial charge is 0.217 e. The first-order valence-electron chi connectivity index (χ1n) is 9.84. The molecule has 4 rings (SSSR count). The normalized spacial score (nSPS) is 45.7. The maximum atomic E-state index is 11.9. The SMILES string of the molecule is CC(=O)N[C@@H]1C(C)(C)[C@@H]2C[C@@H]3[C@@H](C4CCCCC4)OCC[C@@]31C2. The molecule has 0 aromatic rings. The molecule has 23 heavy (non-hydrogen) atoms. The molecule has 3 saturated carbocycles. The Morgan fingerprint density at radius 2 is 1.91 bits per heavy atom. The van der Waals surface area contributed by atoms with E-state index in [1.54, 1.807) is 6.92 Å². The van der Waals surface area contributed by atoms with Gasteiger partial charge in [-0.3, -0.25) is 4.79 Å². The van der Waals surface area contributed by atoms with Crippen LogP contribution in [0.25, 0.3) is 0 Å². The number of hydrogen-bond donors (Lipinski definition) is 1. The molecule has 1 spiro atoms. The minimum absolute atomic E-state index is 0.143. The van der Waals surface area contributed by atoms with Gasteiger partial charge in [0.1, 0.15) is 0 Å². The molecular formula is C20H33NO2. The molecular weight excluding hydrogens is 286 g/mol. The van der Waals surface area contributed by atoms with Crippen LogP contribution in [0.2, 0.25) is 0 Å². The van der Waals surface area contributed by atoms with Crippen molar-refractivity contribution in [1.82, 2.24) is 5.32 Å². The van der Waals surface area contributed by atoms with Crippen molar-refractivity contribution >= 4 is 5.91 Å². The molecule has 130 valence electrons. The van der Waals surface area contributed by atoms with E-state index in [0.29, 0.717) is 23.5 Å². The molecule has 0 unspecified atom stereocenters. The van der Waals surface area contributed by atoms with Gasteiger partial charge in [-0.15, -0.1) is 0 Å². The fraction of sp³-hybridized carbons (Fsp3) is 0.950. The lowest BCUT2D eigenvalue weighted by Gasteiger charge is -2.54. The van der Waals surface area contributed by atoms with E-state index in [9.17, 15) is 4.79 Å². The van der Waals surface area contributed by atoms with Gasteiger partial charge < -0.3 is 10.1 Å². The number of carbonyl (C=O) groups is 1. The maximum Gasteiger partial charge on any atom is 0.217 e. The second-order valence-corrected chi connectivity index (χ2v) is 9.41. The van der Waals surface area contributed by atoms with E-state index < -0.39 is 0 Å². The Morgan fingerprint density at radius 1 is 1.17 bits per heavy atom. The second kappa shape index (κ2) is 5.47. The van der Waals surface area contributed by atoms with Crippen LogP contribution in [-0.4, -0.2) is 24.7 Å². The Kier molecular flexibility index (Phi) is 3.79. The quantitative estimate of drug-likeness (QED) is 0.838. The lowest BCUT2D eigenvalue weighted by atomic mass is 9.57. The van der Waals surface area contributed by atoms with Crippen molar-refractivity contribution < 1.29 is 9.53 Å². The molecule has 3 nitrogen and oxygen atoms in total. The molecule has 1 amide bonds. The first kappa shape index (κ1) is 15.9. The van der Waals surface area contributed by atoms with Crippen molar-refractivity contribution in [2.75, 3.05) is 6.61 Å². The zero-order chi connectivity index (χ0) is 16.2. The first-order chi connectivity index (χ1) is 10.9. The zero-order valence-corrected chi connectivity index (χ0v) is 15.1. The molecule has 1 N–H and O–H groups in total. The van der Waals surface area contributed by atoms with Gasteiger partial charge in [-0.1, -0.05) is 33.1 Å². The summed E-state index contributed by atoms with van der Waals surface area (Å²) >= 11 is 0. The topological polar surface area (TPSA) is 38.3 Å². The second-order valence-electron chi connectivity index (χ2n) is 9.41. The molecule has 1 aliphatic heterocycles. The Morgan fingerprint density at radius 3 is 2.61 bits per heavy atom. The third kappa shape index (κ3) is 2.29. The van der Waals surface area contributed by atoms with Crippen LogP contribution >= 0.6 is 0 Å². The van der Waals surface area contributed by atoms with E-state index >= 15 is 0 Å². The Hall–Kier alpha value is -0.570. The van der Waals surface area contributed by atoms with Gasteiger partial charge >= 0.3 is 0 Å². The van der Waals surface area contributed by atoms with E-state index in [2.05, 4.69) is 19.2 Å². The van der Waals surface area contributed by atoms with Crippen molar-refractivity contribution in [3.05, 3.63) is 0 Å². The highest BCUT2D eigenvalue weighted by atomic mass is 16.5. The van der Waals surface area contributed by atoms with Crippen molar-refractivity contribution in [2.45, 2.75) is 84.3 Å². The van der Waals surface area contributed by atoms with Gasteiger partial charge in [-0.2, -0.15) is 0 Å². The van der Waals surface area contributed by atoms with Crippen LogP contribution in [0.5, 0.6) is 0 Å². The van der Waals surface area contributed by atoms with Crippen LogP contribution in [0.3, 0.4) is 0 Å². The minimum Gasteiger partial charge on any atom is -0.378 e. The summed E-state index contributed by atoms with van der Waals surface area (Å²) in [7, 11) is 0. The standard InChI is InChI=1S/C20H33NO2/c1-13(22)21-18-19(2,3)15-11-16-17(14-7-5-4-6-8-14)23-10-9-20(16,18)12-15/h14-18H,4-12H2,1-3H3,(H,21,22)/t15-,16-,17-,18-,20-/m1/s1. The van der Waals surface area contributed by atoms with Crippen LogP contribution in [0, 0.1) is 28.6 Å². The number of fused-ring (bicyclic) bond motifs is 1. The molecule has 1 heterocycles. The van der Waals surface area contributed by atoms with E-state index in [1.165, 1.54) is 44.9 Å². The molecule has 1 saturated heterocycles. The number of ether oxygens (including phenoxy) is 1. The lowest BCUT2D eigenvalue weighted by Crippen LogP contribution is -2.61. The Balaban J connectivity index is 1.63. The summed E-state index contributed by atoms with van der Waals surface area (Å²) in [5.41, 5.74) is 0.539. The van der Waals surface area contributed by atoms with Crippen LogP contribution < -0.4 is 5.32 Å². The van der Waals surface area contributed by atoms with Gasteiger partial charge in [0.05, 0.1) is 6.10 Å². The predicted molar refractivity (Wildman–Crippen MR) is 91.0 cm³/mol. The van der Waals surface area contributed by atoms with Gasteiger partial charge in [0.25, 0.3) is 0 Å². The fourth-order valence-corrected chi connectivity index (χ4v) is 6.96.